The smallest absolute Gasteiger partial charge is 0.748 e. The maximum Gasteiger partial charge on any atom is 1.00 e. The third kappa shape index (κ3) is 5.85. The first-order chi connectivity index (χ1) is 16.2. The number of rotatable bonds is 6. The molecule has 2 aliphatic heterocycles. The van der Waals surface area contributed by atoms with Gasteiger partial charge in [-0.3, -0.25) is 34.0 Å². The fraction of sp³-hybridized carbons (Fsp3) is 0.100. The van der Waals surface area contributed by atoms with Gasteiger partial charge in [-0.25, -0.2) is 8.42 Å². The Hall–Kier alpha value is -1.40. The number of amides is 2. The average molecular weight is 550 g/mol. The minimum absolute atomic E-state index is 0. The molecule has 12 nitrogen and oxygen atoms in total. The van der Waals surface area contributed by atoms with Gasteiger partial charge in [0.05, 0.1) is 11.4 Å². The van der Waals surface area contributed by atoms with Gasteiger partial charge in [0.15, 0.2) is 0 Å². The van der Waals surface area contributed by atoms with Crippen LogP contribution in [0.4, 0.5) is 11.4 Å². The van der Waals surface area contributed by atoms with E-state index in [9.17, 15) is 37.4 Å². The van der Waals surface area contributed by atoms with E-state index in [1.165, 1.54) is 48.5 Å². The number of ketones is 2. The fourth-order valence-corrected chi connectivity index (χ4v) is 4.49. The zero-order chi connectivity index (χ0) is 24.6. The molecular formula is C20H12N2Na2O10S2. The molecule has 0 unspecified atom stereocenters. The Bertz CT molecular complexity index is 1380. The molecule has 2 heterocycles. The van der Waals surface area contributed by atoms with Crippen LogP contribution in [0.2, 0.25) is 0 Å². The van der Waals surface area contributed by atoms with E-state index >= 15 is 0 Å². The summed E-state index contributed by atoms with van der Waals surface area (Å²) in [5.74, 6) is -5.70. The molecule has 0 N–H and O–H groups in total. The number of para-hydroxylation sites is 2. The summed E-state index contributed by atoms with van der Waals surface area (Å²) in [6.45, 7) is 0. The number of Topliss-reactive ketones (excluding diaryl/α,β-unsaturated/α-hetero) is 2. The van der Waals surface area contributed by atoms with E-state index in [1.54, 1.807) is 0 Å². The van der Waals surface area contributed by atoms with E-state index in [1.807, 2.05) is 0 Å². The van der Waals surface area contributed by atoms with Crippen LogP contribution in [-0.2, 0) is 29.1 Å². The van der Waals surface area contributed by atoms with E-state index < -0.39 is 56.4 Å². The van der Waals surface area contributed by atoms with Gasteiger partial charge in [-0.1, -0.05) is 24.3 Å². The third-order valence-electron chi connectivity index (χ3n) is 4.94. The maximum atomic E-state index is 13.3. The van der Waals surface area contributed by atoms with Crippen molar-refractivity contribution in [2.24, 2.45) is 0 Å². The fourth-order valence-electron chi connectivity index (χ4n) is 3.74. The average Bonchev–Trinajstić information content (AvgIpc) is 3.24. The summed E-state index contributed by atoms with van der Waals surface area (Å²) >= 11 is 0.326. The van der Waals surface area contributed by atoms with E-state index in [0.717, 1.165) is 4.90 Å². The van der Waals surface area contributed by atoms with Crippen LogP contribution in [0.1, 0.15) is 20.7 Å². The van der Waals surface area contributed by atoms with Crippen molar-refractivity contribution >= 4 is 56.9 Å². The summed E-state index contributed by atoms with van der Waals surface area (Å²) in [4.78, 5) is 54.1. The van der Waals surface area contributed by atoms with E-state index in [0.29, 0.717) is 16.9 Å². The van der Waals surface area contributed by atoms with Crippen molar-refractivity contribution in [3.8, 4) is 0 Å². The Kier molecular flexibility index (Phi) is 10.6. The van der Waals surface area contributed by atoms with Crippen molar-refractivity contribution in [3.63, 3.8) is 0 Å². The minimum atomic E-state index is -5.04. The molecule has 0 aliphatic carbocycles. The third-order valence-corrected chi connectivity index (χ3v) is 6.06. The maximum absolute atomic E-state index is 13.3. The Labute approximate surface area is 253 Å². The topological polar surface area (TPSA) is 173 Å². The number of hydrogen-bond acceptors (Lipinski definition) is 11. The normalized spacial score (nSPS) is 16.3. The van der Waals surface area contributed by atoms with Gasteiger partial charge in [-0.15, -0.1) is 0 Å². The molecule has 36 heavy (non-hydrogen) atoms. The first-order valence-corrected chi connectivity index (χ1v) is 11.8. The van der Waals surface area contributed by atoms with Gasteiger partial charge in [0.25, 0.3) is 0 Å². The van der Waals surface area contributed by atoms with Crippen LogP contribution in [0.25, 0.3) is 0 Å². The van der Waals surface area contributed by atoms with Crippen LogP contribution >= 0.6 is 12.0 Å². The van der Waals surface area contributed by atoms with Crippen molar-refractivity contribution < 1.29 is 106 Å². The molecule has 0 fully saturated rings. The molecule has 0 aromatic heterocycles. The first kappa shape index (κ1) is 30.8. The summed E-state index contributed by atoms with van der Waals surface area (Å²) < 4.78 is 38.0. The van der Waals surface area contributed by atoms with Crippen LogP contribution in [0.3, 0.4) is 0 Å². The molecule has 176 valence electrons. The minimum Gasteiger partial charge on any atom is -0.748 e. The van der Waals surface area contributed by atoms with Gasteiger partial charge < -0.3 is 9.81 Å². The second-order valence-electron chi connectivity index (χ2n) is 6.95. The van der Waals surface area contributed by atoms with Gasteiger partial charge in [-0.2, -0.15) is 4.33 Å². The zero-order valence-electron chi connectivity index (χ0n) is 18.8. The molecule has 0 saturated carbocycles. The predicted octanol–water partition coefficient (Wildman–Crippen LogP) is -5.92. The molecule has 2 aliphatic rings. The van der Waals surface area contributed by atoms with E-state index in [-0.39, 0.29) is 81.6 Å². The molecule has 2 amide bonds. The Morgan fingerprint density at radius 1 is 0.833 bits per heavy atom. The van der Waals surface area contributed by atoms with Crippen molar-refractivity contribution in [3.05, 3.63) is 71.1 Å². The monoisotopic (exact) mass is 550 g/mol. The first-order valence-electron chi connectivity index (χ1n) is 9.35. The molecule has 4 rings (SSSR count). The zero-order valence-corrected chi connectivity index (χ0v) is 24.5. The number of allylic oxidation sites excluding steroid dienone is 2. The number of benzene rings is 2. The van der Waals surface area contributed by atoms with Gasteiger partial charge >= 0.3 is 59.1 Å². The molecule has 0 spiro atoms. The number of carbonyl (C=O) groups is 4. The molecule has 0 atom stereocenters. The Morgan fingerprint density at radius 2 is 1.28 bits per heavy atom. The van der Waals surface area contributed by atoms with Crippen LogP contribution in [0.15, 0.2) is 59.9 Å². The molecule has 16 heteroatoms. The summed E-state index contributed by atoms with van der Waals surface area (Å²) in [5.41, 5.74) is -1.02. The standard InChI is InChI=1S/C20H14N2O10S2.2Na/c23-15(9-33-32-31-27)21-13-7-3-1-5-11(13)19(25)17(21)18-20(26)12-6-2-4-8-14(12)22(18)16(24)10-34(28,29)30;;/h1-8,27H,9-10H2,(H,28,29,30);;/q;2*+1/p-2/b18-17+;;. The second-order valence-corrected chi connectivity index (χ2v) is 9.01. The second kappa shape index (κ2) is 12.4. The molecule has 0 saturated heterocycles. The molecule has 2 aromatic rings. The van der Waals surface area contributed by atoms with E-state index in [4.69, 9.17) is 0 Å². The van der Waals surface area contributed by atoms with E-state index in [2.05, 4.69) is 9.37 Å². The molecular weight excluding hydrogens is 538 g/mol. The van der Waals surface area contributed by atoms with Crippen molar-refractivity contribution in [1.29, 1.82) is 0 Å². The number of nitrogens with zero attached hydrogens (tertiary/aromatic N) is 2. The number of carbonyl (C=O) groups excluding carboxylic acids is 4. The van der Waals surface area contributed by atoms with Crippen molar-refractivity contribution in [2.75, 3.05) is 21.3 Å². The number of hydrogen-bond donors (Lipinski definition) is 0. The van der Waals surface area contributed by atoms with Gasteiger partial charge in [-0.05, 0) is 24.3 Å². The molecule has 0 radical (unpaired) electrons. The van der Waals surface area contributed by atoms with Crippen LogP contribution in [0, 0.1) is 0 Å². The van der Waals surface area contributed by atoms with Gasteiger partial charge in [0.1, 0.15) is 33.0 Å². The Morgan fingerprint density at radius 3 is 1.72 bits per heavy atom. The van der Waals surface area contributed by atoms with Crippen molar-refractivity contribution in [1.82, 2.24) is 0 Å². The summed E-state index contributed by atoms with van der Waals surface area (Å²) in [6.07, 6.45) is 0. The summed E-state index contributed by atoms with van der Waals surface area (Å²) in [6, 6.07) is 11.5. The number of fused-ring (bicyclic) bond motifs is 2. The SMILES string of the molecule is O=C1/C(=C2/C(=O)c3ccccc3N2C(=O)CS(=O)(=O)[O-])N(C(=O)CSOO[O-])c2ccccc21.[Na+].[Na+]. The van der Waals surface area contributed by atoms with Gasteiger partial charge in [0.2, 0.25) is 23.4 Å². The van der Waals surface area contributed by atoms with Crippen LogP contribution < -0.4 is 74.2 Å². The Balaban J connectivity index is 0.00000228. The molecule has 0 bridgehead atoms. The number of anilines is 2. The van der Waals surface area contributed by atoms with Crippen molar-refractivity contribution in [2.45, 2.75) is 0 Å². The summed E-state index contributed by atoms with van der Waals surface area (Å²) in [5, 5.41) is 13.3. The summed E-state index contributed by atoms with van der Waals surface area (Å²) in [7, 11) is -5.04. The predicted molar refractivity (Wildman–Crippen MR) is 113 cm³/mol. The van der Waals surface area contributed by atoms with Gasteiger partial charge in [0, 0.05) is 23.2 Å². The van der Waals surface area contributed by atoms with Crippen LogP contribution in [0.5, 0.6) is 0 Å². The van der Waals surface area contributed by atoms with Crippen LogP contribution in [-0.4, -0.2) is 47.9 Å². The quantitative estimate of drug-likeness (QED) is 0.0637. The molecule has 2 aromatic carbocycles. The largest absolute Gasteiger partial charge is 1.00 e.